The molecule has 0 saturated heterocycles. The zero-order chi connectivity index (χ0) is 15.1. The first-order chi connectivity index (χ1) is 10.2. The quantitative estimate of drug-likeness (QED) is 0.629. The molecule has 0 spiro atoms. The highest BCUT2D eigenvalue weighted by Crippen LogP contribution is 2.22. The average molecular weight is 309 g/mol. The van der Waals surface area contributed by atoms with E-state index in [-0.39, 0.29) is 5.97 Å². The van der Waals surface area contributed by atoms with Gasteiger partial charge in [0.05, 0.1) is 25.8 Å². The van der Waals surface area contributed by atoms with Crippen molar-refractivity contribution in [3.63, 3.8) is 0 Å². The molecule has 2 aromatic rings. The lowest BCUT2D eigenvalue weighted by Crippen LogP contribution is -2.19. The van der Waals surface area contributed by atoms with Crippen molar-refractivity contribution in [2.45, 2.75) is 19.9 Å². The number of carbonyl (C=O) groups excluding carboxylic acids is 1. The minimum Gasteiger partial charge on any atom is -0.466 e. The third-order valence-corrected chi connectivity index (χ3v) is 3.02. The minimum absolute atomic E-state index is 0.209. The van der Waals surface area contributed by atoms with Gasteiger partial charge in [-0.15, -0.1) is 0 Å². The zero-order valence-electron chi connectivity index (χ0n) is 11.8. The fourth-order valence-corrected chi connectivity index (χ4v) is 1.88. The predicted molar refractivity (Wildman–Crippen MR) is 79.9 cm³/mol. The zero-order valence-corrected chi connectivity index (χ0v) is 12.5. The summed E-state index contributed by atoms with van der Waals surface area (Å²) in [4.78, 5) is 15.3. The van der Waals surface area contributed by atoms with Crippen LogP contribution >= 0.6 is 11.6 Å². The Morgan fingerprint density at radius 3 is 2.86 bits per heavy atom. The van der Waals surface area contributed by atoms with E-state index in [0.29, 0.717) is 42.8 Å². The molecular weight excluding hydrogens is 292 g/mol. The van der Waals surface area contributed by atoms with Crippen LogP contribution in [0, 0.1) is 0 Å². The molecule has 0 amide bonds. The van der Waals surface area contributed by atoms with Crippen molar-refractivity contribution in [3.05, 3.63) is 41.4 Å². The number of esters is 1. The van der Waals surface area contributed by atoms with E-state index in [1.807, 2.05) is 12.1 Å². The van der Waals surface area contributed by atoms with E-state index >= 15 is 0 Å². The maximum absolute atomic E-state index is 11.2. The molecule has 0 aliphatic heterocycles. The summed E-state index contributed by atoms with van der Waals surface area (Å²) < 4.78 is 10.5. The molecule has 0 radical (unpaired) electrons. The maximum Gasteiger partial charge on any atom is 0.307 e. The van der Waals surface area contributed by atoms with Crippen LogP contribution in [0.25, 0.3) is 11.3 Å². The Hall–Kier alpha value is -1.85. The van der Waals surface area contributed by atoms with E-state index in [2.05, 4.69) is 10.3 Å². The van der Waals surface area contributed by atoms with Crippen LogP contribution in [0.3, 0.4) is 0 Å². The van der Waals surface area contributed by atoms with Crippen LogP contribution in [0.2, 0.25) is 5.02 Å². The van der Waals surface area contributed by atoms with Crippen molar-refractivity contribution in [2.24, 2.45) is 0 Å². The summed E-state index contributed by atoms with van der Waals surface area (Å²) in [6.45, 7) is 3.18. The van der Waals surface area contributed by atoms with Gasteiger partial charge in [-0.3, -0.25) is 4.79 Å². The molecule has 21 heavy (non-hydrogen) atoms. The number of carbonyl (C=O) groups is 1. The standard InChI is InChI=1S/C15H17ClN2O3/c1-2-20-15(19)7-8-17-10-14-18-9-13(21-14)11-3-5-12(16)6-4-11/h3-6,9,17H,2,7-8,10H2,1H3. The summed E-state index contributed by atoms with van der Waals surface area (Å²) in [5.74, 6) is 1.05. The number of rotatable bonds is 7. The van der Waals surface area contributed by atoms with Gasteiger partial charge in [-0.05, 0) is 31.2 Å². The maximum atomic E-state index is 11.2. The number of nitrogens with zero attached hydrogens (tertiary/aromatic N) is 1. The Balaban J connectivity index is 1.81. The summed E-state index contributed by atoms with van der Waals surface area (Å²) in [6, 6.07) is 7.36. The Morgan fingerprint density at radius 2 is 2.14 bits per heavy atom. The molecule has 1 heterocycles. The van der Waals surface area contributed by atoms with E-state index in [1.54, 1.807) is 25.3 Å². The first-order valence-electron chi connectivity index (χ1n) is 6.76. The molecule has 0 saturated carbocycles. The van der Waals surface area contributed by atoms with Gasteiger partial charge in [0.25, 0.3) is 0 Å². The fourth-order valence-electron chi connectivity index (χ4n) is 1.76. The van der Waals surface area contributed by atoms with Crippen LogP contribution in [0.4, 0.5) is 0 Å². The second-order valence-electron chi connectivity index (χ2n) is 4.36. The number of hydrogen-bond donors (Lipinski definition) is 1. The van der Waals surface area contributed by atoms with Crippen molar-refractivity contribution < 1.29 is 13.9 Å². The molecule has 0 aliphatic rings. The monoisotopic (exact) mass is 308 g/mol. The molecule has 112 valence electrons. The predicted octanol–water partition coefficient (Wildman–Crippen LogP) is 3.04. The van der Waals surface area contributed by atoms with Crippen LogP contribution in [0.15, 0.2) is 34.9 Å². The van der Waals surface area contributed by atoms with Crippen LogP contribution in [-0.2, 0) is 16.1 Å². The largest absolute Gasteiger partial charge is 0.466 e. The molecule has 2 rings (SSSR count). The SMILES string of the molecule is CCOC(=O)CCNCc1ncc(-c2ccc(Cl)cc2)o1. The van der Waals surface area contributed by atoms with Crippen LogP contribution in [-0.4, -0.2) is 24.1 Å². The smallest absolute Gasteiger partial charge is 0.307 e. The number of hydrogen-bond acceptors (Lipinski definition) is 5. The van der Waals surface area contributed by atoms with Crippen molar-refractivity contribution in [1.29, 1.82) is 0 Å². The van der Waals surface area contributed by atoms with E-state index in [9.17, 15) is 4.79 Å². The highest BCUT2D eigenvalue weighted by atomic mass is 35.5. The first kappa shape index (κ1) is 15.5. The molecule has 1 N–H and O–H groups in total. The van der Waals surface area contributed by atoms with Crippen molar-refractivity contribution in [1.82, 2.24) is 10.3 Å². The van der Waals surface area contributed by atoms with Gasteiger partial charge >= 0.3 is 5.97 Å². The molecule has 0 unspecified atom stereocenters. The van der Waals surface area contributed by atoms with Gasteiger partial charge in [-0.25, -0.2) is 4.98 Å². The van der Waals surface area contributed by atoms with Crippen LogP contribution < -0.4 is 5.32 Å². The van der Waals surface area contributed by atoms with Crippen LogP contribution in [0.5, 0.6) is 0 Å². The van der Waals surface area contributed by atoms with E-state index in [0.717, 1.165) is 5.56 Å². The number of aromatic nitrogens is 1. The second kappa shape index (κ2) is 7.81. The fraction of sp³-hybridized carbons (Fsp3) is 0.333. The Kier molecular flexibility index (Phi) is 5.78. The highest BCUT2D eigenvalue weighted by Gasteiger charge is 2.07. The van der Waals surface area contributed by atoms with Gasteiger partial charge in [-0.1, -0.05) is 11.6 Å². The van der Waals surface area contributed by atoms with E-state index < -0.39 is 0 Å². The normalized spacial score (nSPS) is 10.6. The summed E-state index contributed by atoms with van der Waals surface area (Å²) >= 11 is 5.84. The lowest BCUT2D eigenvalue weighted by atomic mass is 10.2. The van der Waals surface area contributed by atoms with Crippen molar-refractivity contribution >= 4 is 17.6 Å². The van der Waals surface area contributed by atoms with Crippen LogP contribution in [0.1, 0.15) is 19.2 Å². The number of halogens is 1. The molecule has 5 nitrogen and oxygen atoms in total. The van der Waals surface area contributed by atoms with Crippen molar-refractivity contribution in [2.75, 3.05) is 13.2 Å². The Morgan fingerprint density at radius 1 is 1.38 bits per heavy atom. The Labute approximate surface area is 128 Å². The van der Waals surface area contributed by atoms with Crippen molar-refractivity contribution in [3.8, 4) is 11.3 Å². The molecular formula is C15H17ClN2O3. The topological polar surface area (TPSA) is 64.4 Å². The lowest BCUT2D eigenvalue weighted by molar-refractivity contribution is -0.142. The number of benzene rings is 1. The van der Waals surface area contributed by atoms with Gasteiger partial charge < -0.3 is 14.5 Å². The summed E-state index contributed by atoms with van der Waals surface area (Å²) in [7, 11) is 0. The third kappa shape index (κ3) is 4.88. The molecule has 1 aromatic carbocycles. The Bertz CT molecular complexity index is 581. The van der Waals surface area contributed by atoms with Gasteiger partial charge in [-0.2, -0.15) is 0 Å². The van der Waals surface area contributed by atoms with E-state index in [1.165, 1.54) is 0 Å². The number of nitrogens with one attached hydrogen (secondary N) is 1. The third-order valence-electron chi connectivity index (χ3n) is 2.77. The second-order valence-corrected chi connectivity index (χ2v) is 4.79. The van der Waals surface area contributed by atoms with E-state index in [4.69, 9.17) is 20.8 Å². The lowest BCUT2D eigenvalue weighted by Gasteiger charge is -2.02. The minimum atomic E-state index is -0.209. The van der Waals surface area contributed by atoms with Gasteiger partial charge in [0.1, 0.15) is 0 Å². The summed E-state index contributed by atoms with van der Waals surface area (Å²) in [5, 5.41) is 3.77. The molecule has 0 bridgehead atoms. The van der Waals surface area contributed by atoms with Gasteiger partial charge in [0, 0.05) is 17.1 Å². The van der Waals surface area contributed by atoms with Gasteiger partial charge in [0.2, 0.25) is 5.89 Å². The summed E-state index contributed by atoms with van der Waals surface area (Å²) in [5.41, 5.74) is 0.921. The average Bonchev–Trinajstić information content (AvgIpc) is 2.93. The molecule has 0 fully saturated rings. The molecule has 0 atom stereocenters. The summed E-state index contributed by atoms with van der Waals surface area (Å²) in [6.07, 6.45) is 2.00. The molecule has 1 aromatic heterocycles. The van der Waals surface area contributed by atoms with Gasteiger partial charge in [0.15, 0.2) is 5.76 Å². The first-order valence-corrected chi connectivity index (χ1v) is 7.14. The highest BCUT2D eigenvalue weighted by molar-refractivity contribution is 6.30. The molecule has 0 aliphatic carbocycles. The number of ether oxygens (including phenoxy) is 1. The number of oxazole rings is 1. The molecule has 6 heteroatoms.